The van der Waals surface area contributed by atoms with Crippen molar-refractivity contribution in [3.05, 3.63) is 77.2 Å². The van der Waals surface area contributed by atoms with Gasteiger partial charge in [0.05, 0.1) is 25.2 Å². The number of hydrogen-bond acceptors (Lipinski definition) is 7. The van der Waals surface area contributed by atoms with Gasteiger partial charge >= 0.3 is 10.1 Å². The Hall–Kier alpha value is -3.59. The minimum atomic E-state index is -4.01. The van der Waals surface area contributed by atoms with Gasteiger partial charge in [-0.25, -0.2) is 5.43 Å². The van der Waals surface area contributed by atoms with Crippen LogP contribution < -0.4 is 14.3 Å². The summed E-state index contributed by atoms with van der Waals surface area (Å²) >= 11 is 0. The van der Waals surface area contributed by atoms with Gasteiger partial charge in [-0.15, -0.1) is 0 Å². The second-order valence-electron chi connectivity index (χ2n) is 6.35. The van der Waals surface area contributed by atoms with Crippen LogP contribution in [0.1, 0.15) is 27.2 Å². The molecule has 0 saturated heterocycles. The summed E-state index contributed by atoms with van der Waals surface area (Å²) in [5.41, 5.74) is 4.28. The maximum atomic E-state index is 12.5. The maximum absolute atomic E-state index is 12.5. The van der Waals surface area contributed by atoms with E-state index in [0.29, 0.717) is 16.9 Å². The zero-order valence-corrected chi connectivity index (χ0v) is 17.4. The molecule has 0 bridgehead atoms. The summed E-state index contributed by atoms with van der Waals surface area (Å²) < 4.78 is 40.5. The summed E-state index contributed by atoms with van der Waals surface area (Å²) in [4.78, 5) is 12.1. The summed E-state index contributed by atoms with van der Waals surface area (Å²) in [6.45, 7) is 3.53. The van der Waals surface area contributed by atoms with Gasteiger partial charge in [-0.2, -0.15) is 13.5 Å². The van der Waals surface area contributed by atoms with E-state index in [-0.39, 0.29) is 16.4 Å². The van der Waals surface area contributed by atoms with Crippen LogP contribution in [0.4, 0.5) is 0 Å². The molecule has 9 heteroatoms. The molecule has 1 amide bonds. The fourth-order valence-electron chi connectivity index (χ4n) is 2.55. The Kier molecular flexibility index (Phi) is 6.22. The number of nitrogens with one attached hydrogen (secondary N) is 1. The molecule has 0 atom stereocenters. The fourth-order valence-corrected chi connectivity index (χ4v) is 3.49. The van der Waals surface area contributed by atoms with Gasteiger partial charge in [0.1, 0.15) is 10.7 Å². The number of benzene rings is 2. The van der Waals surface area contributed by atoms with Crippen molar-refractivity contribution < 1.29 is 26.5 Å². The number of ether oxygens (including phenoxy) is 1. The SMILES string of the molecule is COc1cc(/C=N/NC(=O)c2ccoc2C)ccc1OS(=O)(=O)c1ccc(C)cc1. The zero-order valence-electron chi connectivity index (χ0n) is 16.6. The molecular formula is C21H20N2O6S. The second kappa shape index (κ2) is 8.83. The van der Waals surface area contributed by atoms with Crippen LogP contribution in [0.3, 0.4) is 0 Å². The summed E-state index contributed by atoms with van der Waals surface area (Å²) in [5, 5.41) is 3.89. The van der Waals surface area contributed by atoms with Crippen LogP contribution >= 0.6 is 0 Å². The average molecular weight is 428 g/mol. The molecule has 0 fully saturated rings. The van der Waals surface area contributed by atoms with E-state index < -0.39 is 16.0 Å². The Labute approximate surface area is 174 Å². The van der Waals surface area contributed by atoms with E-state index in [9.17, 15) is 13.2 Å². The van der Waals surface area contributed by atoms with Crippen LogP contribution in [-0.4, -0.2) is 27.6 Å². The first-order valence-corrected chi connectivity index (χ1v) is 10.3. The van der Waals surface area contributed by atoms with Crippen molar-refractivity contribution in [2.45, 2.75) is 18.7 Å². The van der Waals surface area contributed by atoms with Crippen molar-refractivity contribution >= 4 is 22.2 Å². The number of amides is 1. The van der Waals surface area contributed by atoms with E-state index >= 15 is 0 Å². The number of nitrogens with zero attached hydrogens (tertiary/aromatic N) is 1. The highest BCUT2D eigenvalue weighted by molar-refractivity contribution is 7.87. The fraction of sp³-hybridized carbons (Fsp3) is 0.143. The third-order valence-corrected chi connectivity index (χ3v) is 5.43. The lowest BCUT2D eigenvalue weighted by molar-refractivity contribution is 0.0953. The first kappa shape index (κ1) is 21.1. The molecule has 1 N–H and O–H groups in total. The third kappa shape index (κ3) is 4.87. The lowest BCUT2D eigenvalue weighted by Gasteiger charge is -2.11. The molecule has 0 saturated carbocycles. The van der Waals surface area contributed by atoms with Crippen LogP contribution in [-0.2, 0) is 10.1 Å². The molecule has 0 radical (unpaired) electrons. The average Bonchev–Trinajstić information content (AvgIpc) is 3.15. The predicted octanol–water partition coefficient (Wildman–Crippen LogP) is 3.44. The monoisotopic (exact) mass is 428 g/mol. The Morgan fingerprint density at radius 1 is 1.07 bits per heavy atom. The van der Waals surface area contributed by atoms with E-state index in [2.05, 4.69) is 10.5 Å². The molecule has 0 aliphatic heterocycles. The maximum Gasteiger partial charge on any atom is 0.339 e. The van der Waals surface area contributed by atoms with Crippen LogP contribution in [0.2, 0.25) is 0 Å². The largest absolute Gasteiger partial charge is 0.493 e. The van der Waals surface area contributed by atoms with E-state index in [4.69, 9.17) is 13.3 Å². The van der Waals surface area contributed by atoms with Crippen molar-refractivity contribution in [1.29, 1.82) is 0 Å². The Morgan fingerprint density at radius 2 is 1.80 bits per heavy atom. The van der Waals surface area contributed by atoms with Crippen LogP contribution in [0.25, 0.3) is 0 Å². The normalized spacial score (nSPS) is 11.4. The first-order valence-electron chi connectivity index (χ1n) is 8.87. The molecule has 30 heavy (non-hydrogen) atoms. The molecule has 1 aromatic heterocycles. The smallest absolute Gasteiger partial charge is 0.339 e. The van der Waals surface area contributed by atoms with Crippen LogP contribution in [0, 0.1) is 13.8 Å². The van der Waals surface area contributed by atoms with Crippen molar-refractivity contribution in [3.8, 4) is 11.5 Å². The molecule has 3 rings (SSSR count). The highest BCUT2D eigenvalue weighted by Crippen LogP contribution is 2.30. The first-order chi connectivity index (χ1) is 14.3. The number of rotatable bonds is 7. The minimum absolute atomic E-state index is 0.0354. The topological polar surface area (TPSA) is 107 Å². The van der Waals surface area contributed by atoms with Gasteiger partial charge < -0.3 is 13.3 Å². The summed E-state index contributed by atoms with van der Waals surface area (Å²) in [6.07, 6.45) is 2.82. The van der Waals surface area contributed by atoms with Crippen LogP contribution in [0.15, 0.2) is 69.2 Å². The molecule has 156 valence electrons. The third-order valence-electron chi connectivity index (χ3n) is 4.18. The summed E-state index contributed by atoms with van der Waals surface area (Å²) in [5.74, 6) is 0.314. The molecule has 3 aromatic rings. The zero-order chi connectivity index (χ0) is 21.7. The van der Waals surface area contributed by atoms with Gasteiger partial charge in [-0.05, 0) is 55.8 Å². The van der Waals surface area contributed by atoms with Gasteiger partial charge in [0, 0.05) is 0 Å². The van der Waals surface area contributed by atoms with E-state index in [0.717, 1.165) is 5.56 Å². The standard InChI is InChI=1S/C21H20N2O6S/c1-14-4-7-17(8-5-14)30(25,26)29-19-9-6-16(12-20(19)27-3)13-22-23-21(24)18-10-11-28-15(18)2/h4-13H,1-3H3,(H,23,24)/b22-13+. The summed E-state index contributed by atoms with van der Waals surface area (Å²) in [6, 6.07) is 12.4. The lowest BCUT2D eigenvalue weighted by Crippen LogP contribution is -2.17. The molecule has 0 unspecified atom stereocenters. The van der Waals surface area contributed by atoms with E-state index in [1.165, 1.54) is 37.8 Å². The second-order valence-corrected chi connectivity index (χ2v) is 7.90. The van der Waals surface area contributed by atoms with Crippen molar-refractivity contribution in [1.82, 2.24) is 5.43 Å². The Morgan fingerprint density at radius 3 is 2.43 bits per heavy atom. The van der Waals surface area contributed by atoms with E-state index in [1.807, 2.05) is 6.92 Å². The lowest BCUT2D eigenvalue weighted by atomic mass is 10.2. The summed E-state index contributed by atoms with van der Waals surface area (Å²) in [7, 11) is -2.62. The van der Waals surface area contributed by atoms with Crippen LogP contribution in [0.5, 0.6) is 11.5 Å². The predicted molar refractivity (Wildman–Crippen MR) is 110 cm³/mol. The number of furan rings is 1. The van der Waals surface area contributed by atoms with Crippen molar-refractivity contribution in [3.63, 3.8) is 0 Å². The number of methoxy groups -OCH3 is 1. The van der Waals surface area contributed by atoms with Gasteiger partial charge in [0.25, 0.3) is 5.91 Å². The molecule has 0 aliphatic carbocycles. The van der Waals surface area contributed by atoms with Gasteiger partial charge in [-0.1, -0.05) is 17.7 Å². The Balaban J connectivity index is 1.74. The minimum Gasteiger partial charge on any atom is -0.493 e. The number of carbonyl (C=O) groups excluding carboxylic acids is 1. The molecule has 1 heterocycles. The molecule has 0 aliphatic rings. The number of hydrogen-bond donors (Lipinski definition) is 1. The quantitative estimate of drug-likeness (QED) is 0.351. The highest BCUT2D eigenvalue weighted by Gasteiger charge is 2.19. The van der Waals surface area contributed by atoms with Crippen molar-refractivity contribution in [2.24, 2.45) is 5.10 Å². The highest BCUT2D eigenvalue weighted by atomic mass is 32.2. The Bertz CT molecular complexity index is 1180. The molecular weight excluding hydrogens is 408 g/mol. The number of hydrazone groups is 1. The number of aryl methyl sites for hydroxylation is 2. The molecule has 0 spiro atoms. The molecule has 8 nitrogen and oxygen atoms in total. The van der Waals surface area contributed by atoms with Crippen molar-refractivity contribution in [2.75, 3.05) is 7.11 Å². The molecule has 2 aromatic carbocycles. The van der Waals surface area contributed by atoms with Gasteiger partial charge in [0.15, 0.2) is 11.5 Å². The van der Waals surface area contributed by atoms with Gasteiger partial charge in [-0.3, -0.25) is 4.79 Å². The number of carbonyl (C=O) groups is 1. The van der Waals surface area contributed by atoms with E-state index in [1.54, 1.807) is 37.3 Å². The van der Waals surface area contributed by atoms with Gasteiger partial charge in [0.2, 0.25) is 0 Å².